The molecule has 0 radical (unpaired) electrons. The van der Waals surface area contributed by atoms with Gasteiger partial charge in [-0.25, -0.2) is 9.69 Å². The number of ether oxygens (including phenoxy) is 3. The molecule has 3 rings (SSSR count). The van der Waals surface area contributed by atoms with E-state index in [0.29, 0.717) is 0 Å². The topological polar surface area (TPSA) is 122 Å². The minimum Gasteiger partial charge on any atom is -0.465 e. The Morgan fingerprint density at radius 3 is 2.78 bits per heavy atom. The first-order valence-corrected chi connectivity index (χ1v) is 7.07. The Labute approximate surface area is 132 Å². The number of aliphatic hydroxyl groups excluding tert-OH is 2. The number of carbonyl (C=O) groups is 1. The van der Waals surface area contributed by atoms with Crippen LogP contribution >= 0.6 is 0 Å². The van der Waals surface area contributed by atoms with Crippen molar-refractivity contribution in [2.24, 2.45) is 0 Å². The lowest BCUT2D eigenvalue weighted by Gasteiger charge is -2.40. The van der Waals surface area contributed by atoms with Gasteiger partial charge in [0.05, 0.1) is 18.5 Å². The zero-order chi connectivity index (χ0) is 16.8. The first kappa shape index (κ1) is 16.1. The van der Waals surface area contributed by atoms with Crippen molar-refractivity contribution in [3.63, 3.8) is 0 Å². The summed E-state index contributed by atoms with van der Waals surface area (Å²) in [5.74, 6) is -1.17. The van der Waals surface area contributed by atoms with Crippen LogP contribution in [0, 0.1) is 0 Å². The number of hydrogen-bond donors (Lipinski definition) is 3. The zero-order valence-electron chi connectivity index (χ0n) is 12.6. The van der Waals surface area contributed by atoms with E-state index in [1.165, 1.54) is 18.5 Å². The molecular formula is C14H18N2O7. The van der Waals surface area contributed by atoms with Crippen LogP contribution in [0.25, 0.3) is 0 Å². The van der Waals surface area contributed by atoms with Crippen molar-refractivity contribution in [3.8, 4) is 0 Å². The summed E-state index contributed by atoms with van der Waals surface area (Å²) < 4.78 is 16.8. The summed E-state index contributed by atoms with van der Waals surface area (Å²) in [6, 6.07) is 3.10. The SMILES string of the molecule is CC1(C)O[C@H]2[C@H](O)O[C@H](CO)[C@]2(N(C(=O)O)c2cccnc2)O1. The van der Waals surface area contributed by atoms with E-state index < -0.39 is 42.7 Å². The van der Waals surface area contributed by atoms with Crippen LogP contribution in [0.2, 0.25) is 0 Å². The smallest absolute Gasteiger partial charge is 0.414 e. The van der Waals surface area contributed by atoms with Crippen molar-refractivity contribution in [1.82, 2.24) is 4.98 Å². The Balaban J connectivity index is 2.15. The number of anilines is 1. The summed E-state index contributed by atoms with van der Waals surface area (Å²) in [6.45, 7) is 2.63. The van der Waals surface area contributed by atoms with Crippen LogP contribution in [0.1, 0.15) is 13.8 Å². The predicted octanol–water partition coefficient (Wildman–Crippen LogP) is 0.123. The molecule has 2 aliphatic heterocycles. The summed E-state index contributed by atoms with van der Waals surface area (Å²) in [4.78, 5) is 16.7. The van der Waals surface area contributed by atoms with Crippen LogP contribution in [0.5, 0.6) is 0 Å². The third kappa shape index (κ3) is 2.37. The van der Waals surface area contributed by atoms with Gasteiger partial charge in [0.1, 0.15) is 6.10 Å². The highest BCUT2D eigenvalue weighted by molar-refractivity contribution is 5.87. The molecule has 3 heterocycles. The Kier molecular flexibility index (Phi) is 3.77. The summed E-state index contributed by atoms with van der Waals surface area (Å²) in [6.07, 6.45) is -2.19. The molecule has 0 aromatic carbocycles. The van der Waals surface area contributed by atoms with Crippen molar-refractivity contribution in [2.45, 2.75) is 43.9 Å². The molecule has 126 valence electrons. The molecule has 1 aromatic heterocycles. The molecule has 0 spiro atoms. The van der Waals surface area contributed by atoms with Crippen LogP contribution in [-0.4, -0.2) is 63.0 Å². The molecule has 3 N–H and O–H groups in total. The second-order valence-corrected chi connectivity index (χ2v) is 5.82. The maximum Gasteiger partial charge on any atom is 0.414 e. The normalized spacial score (nSPS) is 35.0. The largest absolute Gasteiger partial charge is 0.465 e. The van der Waals surface area contributed by atoms with Gasteiger partial charge in [-0.2, -0.15) is 0 Å². The molecule has 23 heavy (non-hydrogen) atoms. The van der Waals surface area contributed by atoms with E-state index in [-0.39, 0.29) is 5.69 Å². The summed E-state index contributed by atoms with van der Waals surface area (Å²) in [7, 11) is 0. The fourth-order valence-corrected chi connectivity index (χ4v) is 3.15. The zero-order valence-corrected chi connectivity index (χ0v) is 12.6. The molecular weight excluding hydrogens is 308 g/mol. The number of aliphatic hydroxyl groups is 2. The summed E-state index contributed by atoms with van der Waals surface area (Å²) >= 11 is 0. The second kappa shape index (κ2) is 5.39. The molecule has 4 atom stereocenters. The van der Waals surface area contributed by atoms with Crippen LogP contribution < -0.4 is 4.90 Å². The van der Waals surface area contributed by atoms with E-state index in [1.807, 2.05) is 0 Å². The predicted molar refractivity (Wildman–Crippen MR) is 75.5 cm³/mol. The van der Waals surface area contributed by atoms with Crippen molar-refractivity contribution < 1.29 is 34.3 Å². The second-order valence-electron chi connectivity index (χ2n) is 5.82. The van der Waals surface area contributed by atoms with Gasteiger partial charge in [0.2, 0.25) is 5.72 Å². The minimum atomic E-state index is -1.73. The van der Waals surface area contributed by atoms with E-state index in [4.69, 9.17) is 14.2 Å². The highest BCUT2D eigenvalue weighted by atomic mass is 16.8. The average molecular weight is 326 g/mol. The molecule has 2 saturated heterocycles. The number of amides is 1. The standard InChI is InChI=1S/C14H18N2O7/c1-13(2)22-10-11(18)21-9(7-17)14(10,23-13)16(12(19)20)8-4-3-5-15-6-8/h3-6,9-11,17-18H,7H2,1-2H3,(H,19,20)/t9-,10+,11-,14+/m1/s1. The average Bonchev–Trinajstić information content (AvgIpc) is 2.90. The lowest BCUT2D eigenvalue weighted by molar-refractivity contribution is -0.234. The van der Waals surface area contributed by atoms with E-state index >= 15 is 0 Å². The van der Waals surface area contributed by atoms with Gasteiger partial charge in [0.25, 0.3) is 0 Å². The maximum absolute atomic E-state index is 11.9. The van der Waals surface area contributed by atoms with Gasteiger partial charge in [-0.1, -0.05) is 0 Å². The number of hydrogen-bond acceptors (Lipinski definition) is 7. The summed E-state index contributed by atoms with van der Waals surface area (Å²) in [5.41, 5.74) is -1.52. The van der Waals surface area contributed by atoms with E-state index in [0.717, 1.165) is 4.90 Å². The third-order valence-corrected chi connectivity index (χ3v) is 3.86. The lowest BCUT2D eigenvalue weighted by Crippen LogP contribution is -2.63. The number of fused-ring (bicyclic) bond motifs is 1. The number of aromatic nitrogens is 1. The fraction of sp³-hybridized carbons (Fsp3) is 0.571. The van der Waals surface area contributed by atoms with Crippen LogP contribution in [0.15, 0.2) is 24.5 Å². The monoisotopic (exact) mass is 326 g/mol. The van der Waals surface area contributed by atoms with Crippen molar-refractivity contribution in [1.29, 1.82) is 0 Å². The minimum absolute atomic E-state index is 0.211. The Hall–Kier alpha value is -1.78. The maximum atomic E-state index is 11.9. The van der Waals surface area contributed by atoms with Crippen molar-refractivity contribution >= 4 is 11.8 Å². The molecule has 2 aliphatic rings. The van der Waals surface area contributed by atoms with Gasteiger partial charge in [-0.3, -0.25) is 4.98 Å². The van der Waals surface area contributed by atoms with Gasteiger partial charge in [-0.15, -0.1) is 0 Å². The highest BCUT2D eigenvalue weighted by Gasteiger charge is 2.70. The molecule has 0 unspecified atom stereocenters. The molecule has 1 aromatic rings. The number of rotatable bonds is 3. The molecule has 0 aliphatic carbocycles. The molecule has 0 bridgehead atoms. The number of nitrogens with zero attached hydrogens (tertiary/aromatic N) is 2. The van der Waals surface area contributed by atoms with E-state index in [1.54, 1.807) is 19.9 Å². The Morgan fingerprint density at radius 1 is 1.48 bits per heavy atom. The Morgan fingerprint density at radius 2 is 2.22 bits per heavy atom. The van der Waals surface area contributed by atoms with Gasteiger partial charge in [0, 0.05) is 6.20 Å². The van der Waals surface area contributed by atoms with Gasteiger partial charge < -0.3 is 29.5 Å². The van der Waals surface area contributed by atoms with Crippen LogP contribution in [0.4, 0.5) is 10.5 Å². The van der Waals surface area contributed by atoms with Gasteiger partial charge in [0.15, 0.2) is 18.2 Å². The van der Waals surface area contributed by atoms with Crippen LogP contribution in [0.3, 0.4) is 0 Å². The molecule has 2 fully saturated rings. The third-order valence-electron chi connectivity index (χ3n) is 3.86. The number of carboxylic acid groups (broad SMARTS) is 1. The first-order chi connectivity index (χ1) is 10.8. The quantitative estimate of drug-likeness (QED) is 0.716. The summed E-state index contributed by atoms with van der Waals surface area (Å²) in [5, 5.41) is 29.5. The highest BCUT2D eigenvalue weighted by Crippen LogP contribution is 2.49. The molecule has 9 heteroatoms. The van der Waals surface area contributed by atoms with Crippen molar-refractivity contribution in [2.75, 3.05) is 11.5 Å². The lowest BCUT2D eigenvalue weighted by atomic mass is 10.00. The van der Waals surface area contributed by atoms with Crippen LogP contribution in [-0.2, 0) is 14.2 Å². The molecule has 1 amide bonds. The Bertz CT molecular complexity index is 596. The van der Waals surface area contributed by atoms with Gasteiger partial charge >= 0.3 is 6.09 Å². The van der Waals surface area contributed by atoms with E-state index in [2.05, 4.69) is 4.98 Å². The van der Waals surface area contributed by atoms with Gasteiger partial charge in [-0.05, 0) is 26.0 Å². The van der Waals surface area contributed by atoms with Crippen molar-refractivity contribution in [3.05, 3.63) is 24.5 Å². The number of pyridine rings is 1. The fourth-order valence-electron chi connectivity index (χ4n) is 3.15. The molecule has 9 nitrogen and oxygen atoms in total. The first-order valence-electron chi connectivity index (χ1n) is 7.07. The van der Waals surface area contributed by atoms with E-state index in [9.17, 15) is 20.1 Å². The molecule has 0 saturated carbocycles.